The van der Waals surface area contributed by atoms with Crippen LogP contribution < -0.4 is 0 Å². The highest BCUT2D eigenvalue weighted by Gasteiger charge is 2.39. The molecule has 2 bridgehead atoms. The van der Waals surface area contributed by atoms with Crippen LogP contribution in [0.1, 0.15) is 24.6 Å². The van der Waals surface area contributed by atoms with Gasteiger partial charge >= 0.3 is 0 Å². The maximum atomic E-state index is 6.48. The van der Waals surface area contributed by atoms with Crippen LogP contribution >= 0.6 is 34.8 Å². The summed E-state index contributed by atoms with van der Waals surface area (Å²) in [4.78, 5) is 4.93. The van der Waals surface area contributed by atoms with Gasteiger partial charge in [-0.1, -0.05) is 47.0 Å². The van der Waals surface area contributed by atoms with Crippen molar-refractivity contribution in [2.45, 2.75) is 18.8 Å². The molecule has 2 aliphatic carbocycles. The number of rotatable bonds is 3. The van der Waals surface area contributed by atoms with Crippen molar-refractivity contribution >= 4 is 34.8 Å². The third kappa shape index (κ3) is 3.08. The van der Waals surface area contributed by atoms with E-state index >= 15 is 0 Å². The van der Waals surface area contributed by atoms with Crippen LogP contribution in [0.3, 0.4) is 0 Å². The Morgan fingerprint density at radius 2 is 1.67 bits per heavy atom. The molecule has 2 aromatic carbocycles. The molecule has 3 nitrogen and oxygen atoms in total. The van der Waals surface area contributed by atoms with Crippen molar-refractivity contribution in [2.75, 3.05) is 0 Å². The summed E-state index contributed by atoms with van der Waals surface area (Å²) in [7, 11) is 0. The van der Waals surface area contributed by atoms with Crippen LogP contribution in [-0.4, -0.2) is 14.8 Å². The monoisotopic (exact) mass is 415 g/mol. The van der Waals surface area contributed by atoms with E-state index in [1.807, 2.05) is 41.1 Å². The molecule has 1 heterocycles. The highest BCUT2D eigenvalue weighted by molar-refractivity contribution is 6.35. The second-order valence-electron chi connectivity index (χ2n) is 7.19. The normalized spacial score (nSPS) is 23.3. The molecule has 3 atom stereocenters. The van der Waals surface area contributed by atoms with Crippen LogP contribution in [-0.2, 0) is 0 Å². The van der Waals surface area contributed by atoms with Gasteiger partial charge in [-0.3, -0.25) is 0 Å². The molecule has 0 radical (unpaired) electrons. The summed E-state index contributed by atoms with van der Waals surface area (Å²) < 4.78 is 1.83. The lowest BCUT2D eigenvalue weighted by Crippen LogP contribution is -2.08. The Labute approximate surface area is 172 Å². The molecule has 1 aromatic heterocycles. The molecule has 0 unspecified atom stereocenters. The third-order valence-corrected chi connectivity index (χ3v) is 6.26. The van der Waals surface area contributed by atoms with Crippen molar-refractivity contribution in [3.05, 3.63) is 75.5 Å². The Morgan fingerprint density at radius 3 is 2.33 bits per heavy atom. The summed E-state index contributed by atoms with van der Waals surface area (Å²) >= 11 is 18.6. The second kappa shape index (κ2) is 6.66. The fourth-order valence-electron chi connectivity index (χ4n) is 4.17. The number of halogens is 3. The van der Waals surface area contributed by atoms with E-state index in [1.165, 1.54) is 6.42 Å². The van der Waals surface area contributed by atoms with Gasteiger partial charge in [0.25, 0.3) is 0 Å². The average molecular weight is 417 g/mol. The van der Waals surface area contributed by atoms with E-state index < -0.39 is 0 Å². The number of nitrogens with zero attached hydrogens (tertiary/aromatic N) is 3. The van der Waals surface area contributed by atoms with Crippen LogP contribution in [0.4, 0.5) is 0 Å². The molecule has 5 rings (SSSR count). The standard InChI is InChI=1S/C21H16Cl3N3/c22-15-5-3-13(4-6-15)21-25-20(17-10-12-1-2-14(17)9-12)26-27(21)19-8-7-16(23)11-18(19)24/h1-8,11-12,14,17H,9-10H2/t12-,14+,17+/m1/s1. The van der Waals surface area contributed by atoms with Crippen molar-refractivity contribution in [2.24, 2.45) is 11.8 Å². The van der Waals surface area contributed by atoms with E-state index in [-0.39, 0.29) is 0 Å². The van der Waals surface area contributed by atoms with Crippen LogP contribution in [0.15, 0.2) is 54.6 Å². The minimum absolute atomic E-state index is 0.360. The topological polar surface area (TPSA) is 30.7 Å². The van der Waals surface area contributed by atoms with E-state index in [0.29, 0.717) is 32.8 Å². The van der Waals surface area contributed by atoms with Gasteiger partial charge in [0.2, 0.25) is 0 Å². The quantitative estimate of drug-likeness (QED) is 0.452. The molecular weight excluding hydrogens is 401 g/mol. The molecule has 0 saturated heterocycles. The predicted octanol–water partition coefficient (Wildman–Crippen LogP) is 6.57. The van der Waals surface area contributed by atoms with Gasteiger partial charge < -0.3 is 0 Å². The fraction of sp³-hybridized carbons (Fsp3) is 0.238. The van der Waals surface area contributed by atoms with E-state index in [2.05, 4.69) is 12.2 Å². The van der Waals surface area contributed by atoms with Gasteiger partial charge in [0.15, 0.2) is 11.6 Å². The lowest BCUT2D eigenvalue weighted by atomic mass is 9.93. The summed E-state index contributed by atoms with van der Waals surface area (Å²) in [5.74, 6) is 3.19. The lowest BCUT2D eigenvalue weighted by molar-refractivity contribution is 0.551. The van der Waals surface area contributed by atoms with Crippen molar-refractivity contribution in [3.63, 3.8) is 0 Å². The molecular formula is C21H16Cl3N3. The van der Waals surface area contributed by atoms with Crippen LogP contribution in [0.2, 0.25) is 15.1 Å². The summed E-state index contributed by atoms with van der Waals surface area (Å²) in [6.45, 7) is 0. The first-order valence-corrected chi connectivity index (χ1v) is 10.1. The van der Waals surface area contributed by atoms with Gasteiger partial charge in [0.1, 0.15) is 0 Å². The van der Waals surface area contributed by atoms with E-state index in [1.54, 1.807) is 6.07 Å². The zero-order chi connectivity index (χ0) is 18.5. The van der Waals surface area contributed by atoms with E-state index in [9.17, 15) is 0 Å². The zero-order valence-electron chi connectivity index (χ0n) is 14.3. The van der Waals surface area contributed by atoms with Crippen LogP contribution in [0.25, 0.3) is 17.1 Å². The van der Waals surface area contributed by atoms with Gasteiger partial charge in [-0.05, 0) is 67.1 Å². The SMILES string of the molecule is Clc1ccc(-c2nc([C@H]3C[C@@H]4C=C[C@H]3C4)nn2-c2ccc(Cl)cc2Cl)cc1. The first kappa shape index (κ1) is 17.3. The number of fused-ring (bicyclic) bond motifs is 2. The van der Waals surface area contributed by atoms with Crippen molar-refractivity contribution < 1.29 is 0 Å². The highest BCUT2D eigenvalue weighted by Crippen LogP contribution is 2.48. The van der Waals surface area contributed by atoms with Crippen molar-refractivity contribution in [3.8, 4) is 17.1 Å². The molecule has 0 aliphatic heterocycles. The Hall–Kier alpha value is -1.81. The van der Waals surface area contributed by atoms with E-state index in [4.69, 9.17) is 44.9 Å². The minimum Gasteiger partial charge on any atom is -0.211 e. The fourth-order valence-corrected chi connectivity index (χ4v) is 4.78. The highest BCUT2D eigenvalue weighted by atomic mass is 35.5. The number of hydrogen-bond donors (Lipinski definition) is 0. The van der Waals surface area contributed by atoms with Gasteiger partial charge in [-0.25, -0.2) is 9.67 Å². The largest absolute Gasteiger partial charge is 0.211 e. The zero-order valence-corrected chi connectivity index (χ0v) is 16.6. The maximum absolute atomic E-state index is 6.48. The van der Waals surface area contributed by atoms with Gasteiger partial charge in [0, 0.05) is 21.5 Å². The lowest BCUT2D eigenvalue weighted by Gasteiger charge is -2.13. The molecule has 136 valence electrons. The number of hydrogen-bond acceptors (Lipinski definition) is 2. The summed E-state index contributed by atoms with van der Waals surface area (Å²) in [5, 5.41) is 6.71. The first-order valence-electron chi connectivity index (χ1n) is 8.95. The molecule has 0 amide bonds. The second-order valence-corrected chi connectivity index (χ2v) is 8.47. The molecule has 0 N–H and O–H groups in total. The summed E-state index contributed by atoms with van der Waals surface area (Å²) in [5.41, 5.74) is 1.71. The Bertz CT molecular complexity index is 1040. The first-order chi connectivity index (χ1) is 13.1. The number of allylic oxidation sites excluding steroid dienone is 2. The summed E-state index contributed by atoms with van der Waals surface area (Å²) in [6.07, 6.45) is 6.96. The summed E-state index contributed by atoms with van der Waals surface area (Å²) in [6, 6.07) is 13.1. The maximum Gasteiger partial charge on any atom is 0.163 e. The number of benzene rings is 2. The third-order valence-electron chi connectivity index (χ3n) is 5.47. The minimum atomic E-state index is 0.360. The smallest absolute Gasteiger partial charge is 0.163 e. The van der Waals surface area contributed by atoms with Crippen LogP contribution in [0.5, 0.6) is 0 Å². The van der Waals surface area contributed by atoms with Gasteiger partial charge in [0.05, 0.1) is 10.7 Å². The van der Waals surface area contributed by atoms with Crippen molar-refractivity contribution in [1.29, 1.82) is 0 Å². The van der Waals surface area contributed by atoms with Gasteiger partial charge in [-0.15, -0.1) is 0 Å². The van der Waals surface area contributed by atoms with Crippen LogP contribution in [0, 0.1) is 11.8 Å². The molecule has 1 fully saturated rings. The Kier molecular flexibility index (Phi) is 4.27. The van der Waals surface area contributed by atoms with Gasteiger partial charge in [-0.2, -0.15) is 5.10 Å². The van der Waals surface area contributed by atoms with E-state index in [0.717, 1.165) is 29.3 Å². The van der Waals surface area contributed by atoms with Crippen molar-refractivity contribution in [1.82, 2.24) is 14.8 Å². The molecule has 27 heavy (non-hydrogen) atoms. The molecule has 6 heteroatoms. The Balaban J connectivity index is 1.65. The molecule has 1 saturated carbocycles. The number of aromatic nitrogens is 3. The average Bonchev–Trinajstić information content (AvgIpc) is 3.37. The Morgan fingerprint density at radius 1 is 0.889 bits per heavy atom. The predicted molar refractivity (Wildman–Crippen MR) is 110 cm³/mol. The molecule has 3 aromatic rings. The molecule has 0 spiro atoms. The molecule has 2 aliphatic rings.